The average Bonchev–Trinajstić information content (AvgIpc) is 2.26. The van der Waals surface area contributed by atoms with E-state index in [9.17, 15) is 14.4 Å². The molecule has 0 unspecified atom stereocenters. The molecule has 0 aromatic carbocycles. The van der Waals surface area contributed by atoms with Gasteiger partial charge in [-0.05, 0) is 19.8 Å². The van der Waals surface area contributed by atoms with E-state index < -0.39 is 6.04 Å². The molecular formula is C12H21NO3. The number of carbonyl (C=O) groups excluding carboxylic acids is 3. The molecule has 0 heterocycles. The van der Waals surface area contributed by atoms with Crippen LogP contribution in [0.25, 0.3) is 0 Å². The number of hydrogen-bond donors (Lipinski definition) is 1. The van der Waals surface area contributed by atoms with Crippen LogP contribution in [0.2, 0.25) is 0 Å². The number of rotatable bonds is 8. The van der Waals surface area contributed by atoms with Gasteiger partial charge in [0.25, 0.3) is 0 Å². The lowest BCUT2D eigenvalue weighted by Crippen LogP contribution is -2.39. The van der Waals surface area contributed by atoms with Crippen LogP contribution < -0.4 is 5.32 Å². The molecule has 0 spiro atoms. The van der Waals surface area contributed by atoms with Crippen LogP contribution in [-0.4, -0.2) is 23.5 Å². The highest BCUT2D eigenvalue weighted by Gasteiger charge is 2.15. The molecule has 1 atom stereocenters. The topological polar surface area (TPSA) is 63.2 Å². The molecule has 16 heavy (non-hydrogen) atoms. The molecule has 0 saturated carbocycles. The van der Waals surface area contributed by atoms with Crippen molar-refractivity contribution in [3.05, 3.63) is 0 Å². The second-order valence-electron chi connectivity index (χ2n) is 3.87. The summed E-state index contributed by atoms with van der Waals surface area (Å²) in [5.41, 5.74) is 0. The van der Waals surface area contributed by atoms with E-state index in [1.165, 1.54) is 6.92 Å². The summed E-state index contributed by atoms with van der Waals surface area (Å²) in [6.07, 6.45) is 2.60. The van der Waals surface area contributed by atoms with Crippen molar-refractivity contribution in [2.75, 3.05) is 0 Å². The van der Waals surface area contributed by atoms with Crippen molar-refractivity contribution in [1.29, 1.82) is 0 Å². The largest absolute Gasteiger partial charge is 0.346 e. The Morgan fingerprint density at radius 2 is 1.75 bits per heavy atom. The quantitative estimate of drug-likeness (QED) is 0.685. The van der Waals surface area contributed by atoms with Crippen LogP contribution in [0, 0.1) is 0 Å². The zero-order valence-corrected chi connectivity index (χ0v) is 10.3. The summed E-state index contributed by atoms with van der Waals surface area (Å²) in [6, 6.07) is -0.433. The van der Waals surface area contributed by atoms with Gasteiger partial charge in [-0.3, -0.25) is 14.4 Å². The van der Waals surface area contributed by atoms with E-state index in [1.807, 2.05) is 6.92 Å². The standard InChI is InChI=1S/C12H21NO3/c1-4-10(15)7-6-8-11(9(3)14)13-12(16)5-2/h11H,4-8H2,1-3H3,(H,13,16)/t11-/m0/s1. The van der Waals surface area contributed by atoms with Crippen molar-refractivity contribution in [2.45, 2.75) is 58.9 Å². The van der Waals surface area contributed by atoms with Crippen LogP contribution in [0.15, 0.2) is 0 Å². The van der Waals surface area contributed by atoms with Gasteiger partial charge in [0.2, 0.25) is 5.91 Å². The molecule has 0 aliphatic rings. The Morgan fingerprint density at radius 1 is 1.12 bits per heavy atom. The first-order chi connectivity index (χ1) is 7.51. The summed E-state index contributed by atoms with van der Waals surface area (Å²) in [5.74, 6) is 0.0249. The van der Waals surface area contributed by atoms with E-state index >= 15 is 0 Å². The second-order valence-corrected chi connectivity index (χ2v) is 3.87. The van der Waals surface area contributed by atoms with Gasteiger partial charge in [-0.15, -0.1) is 0 Å². The summed E-state index contributed by atoms with van der Waals surface area (Å²) < 4.78 is 0. The van der Waals surface area contributed by atoms with Crippen molar-refractivity contribution in [3.8, 4) is 0 Å². The summed E-state index contributed by atoms with van der Waals surface area (Å²) in [5, 5.41) is 2.66. The van der Waals surface area contributed by atoms with Crippen LogP contribution in [0.1, 0.15) is 52.9 Å². The molecule has 0 saturated heterocycles. The van der Waals surface area contributed by atoms with Gasteiger partial charge in [0, 0.05) is 19.3 Å². The van der Waals surface area contributed by atoms with Gasteiger partial charge in [0.1, 0.15) is 5.78 Å². The minimum Gasteiger partial charge on any atom is -0.346 e. The van der Waals surface area contributed by atoms with Crippen molar-refractivity contribution in [1.82, 2.24) is 5.32 Å². The normalized spacial score (nSPS) is 11.9. The third kappa shape index (κ3) is 6.32. The van der Waals surface area contributed by atoms with Gasteiger partial charge in [0.05, 0.1) is 6.04 Å². The third-order valence-electron chi connectivity index (χ3n) is 2.49. The molecule has 0 bridgehead atoms. The van der Waals surface area contributed by atoms with Crippen LogP contribution >= 0.6 is 0 Å². The first-order valence-corrected chi connectivity index (χ1v) is 5.82. The lowest BCUT2D eigenvalue weighted by Gasteiger charge is -2.14. The predicted octanol–water partition coefficient (Wildman–Crippen LogP) is 1.62. The van der Waals surface area contributed by atoms with Gasteiger partial charge in [-0.25, -0.2) is 0 Å². The number of nitrogens with one attached hydrogen (secondary N) is 1. The van der Waals surface area contributed by atoms with Gasteiger partial charge < -0.3 is 5.32 Å². The Morgan fingerprint density at radius 3 is 2.19 bits per heavy atom. The fourth-order valence-corrected chi connectivity index (χ4v) is 1.35. The highest BCUT2D eigenvalue weighted by Crippen LogP contribution is 2.04. The fourth-order valence-electron chi connectivity index (χ4n) is 1.35. The highest BCUT2D eigenvalue weighted by atomic mass is 16.2. The molecule has 1 N–H and O–H groups in total. The van der Waals surface area contributed by atoms with E-state index in [0.29, 0.717) is 32.1 Å². The van der Waals surface area contributed by atoms with E-state index in [1.54, 1.807) is 6.92 Å². The third-order valence-corrected chi connectivity index (χ3v) is 2.49. The Bertz CT molecular complexity index is 261. The molecule has 4 nitrogen and oxygen atoms in total. The molecule has 92 valence electrons. The molecule has 0 radical (unpaired) electrons. The lowest BCUT2D eigenvalue weighted by atomic mass is 10.0. The van der Waals surface area contributed by atoms with Crippen LogP contribution in [0.4, 0.5) is 0 Å². The smallest absolute Gasteiger partial charge is 0.220 e. The minimum absolute atomic E-state index is 0.0502. The molecule has 0 rings (SSSR count). The Balaban J connectivity index is 4.00. The van der Waals surface area contributed by atoms with Crippen molar-refractivity contribution in [2.24, 2.45) is 0 Å². The Hall–Kier alpha value is -1.19. The molecule has 0 aromatic heterocycles. The van der Waals surface area contributed by atoms with E-state index in [-0.39, 0.29) is 17.5 Å². The van der Waals surface area contributed by atoms with Crippen molar-refractivity contribution < 1.29 is 14.4 Å². The fraction of sp³-hybridized carbons (Fsp3) is 0.750. The van der Waals surface area contributed by atoms with Crippen molar-refractivity contribution in [3.63, 3.8) is 0 Å². The molecule has 0 aliphatic carbocycles. The maximum Gasteiger partial charge on any atom is 0.220 e. The first kappa shape index (κ1) is 14.8. The number of hydrogen-bond acceptors (Lipinski definition) is 3. The Labute approximate surface area is 96.8 Å². The number of amides is 1. The monoisotopic (exact) mass is 227 g/mol. The highest BCUT2D eigenvalue weighted by molar-refractivity contribution is 5.87. The number of carbonyl (C=O) groups is 3. The maximum absolute atomic E-state index is 11.2. The van der Waals surface area contributed by atoms with Gasteiger partial charge in [-0.1, -0.05) is 13.8 Å². The average molecular weight is 227 g/mol. The van der Waals surface area contributed by atoms with Gasteiger partial charge >= 0.3 is 0 Å². The van der Waals surface area contributed by atoms with E-state index in [0.717, 1.165) is 0 Å². The van der Waals surface area contributed by atoms with E-state index in [4.69, 9.17) is 0 Å². The van der Waals surface area contributed by atoms with Crippen molar-refractivity contribution >= 4 is 17.5 Å². The summed E-state index contributed by atoms with van der Waals surface area (Å²) >= 11 is 0. The first-order valence-electron chi connectivity index (χ1n) is 5.82. The molecule has 1 amide bonds. The molecule has 4 heteroatoms. The predicted molar refractivity (Wildman–Crippen MR) is 62.1 cm³/mol. The lowest BCUT2D eigenvalue weighted by molar-refractivity contribution is -0.126. The maximum atomic E-state index is 11.2. The molecule has 0 fully saturated rings. The van der Waals surface area contributed by atoms with Crippen LogP contribution in [0.3, 0.4) is 0 Å². The molecule has 0 aromatic rings. The summed E-state index contributed by atoms with van der Waals surface area (Å²) in [6.45, 7) is 5.03. The van der Waals surface area contributed by atoms with Gasteiger partial charge in [-0.2, -0.15) is 0 Å². The SMILES string of the molecule is CCC(=O)CCC[C@H](NC(=O)CC)C(C)=O. The van der Waals surface area contributed by atoms with Crippen LogP contribution in [-0.2, 0) is 14.4 Å². The molecular weight excluding hydrogens is 206 g/mol. The minimum atomic E-state index is -0.433. The van der Waals surface area contributed by atoms with E-state index in [2.05, 4.69) is 5.32 Å². The number of Topliss-reactive ketones (excluding diaryl/α,β-unsaturated/α-hetero) is 2. The zero-order valence-electron chi connectivity index (χ0n) is 10.3. The zero-order chi connectivity index (χ0) is 12.6. The Kier molecular flexibility index (Phi) is 7.42. The second kappa shape index (κ2) is 8.02. The van der Waals surface area contributed by atoms with Gasteiger partial charge in [0.15, 0.2) is 5.78 Å². The van der Waals surface area contributed by atoms with Crippen LogP contribution in [0.5, 0.6) is 0 Å². The summed E-state index contributed by atoms with van der Waals surface area (Å²) in [7, 11) is 0. The summed E-state index contributed by atoms with van der Waals surface area (Å²) in [4.78, 5) is 33.5. The number of ketones is 2. The molecule has 0 aliphatic heterocycles.